The Labute approximate surface area is 376 Å². The number of carbonyl (C=O) groups excluding carboxylic acids is 4. The van der Waals surface area contributed by atoms with Gasteiger partial charge in [0.2, 0.25) is 5.91 Å². The number of aromatic nitrogens is 6. The molecule has 2 fully saturated rings. The van der Waals surface area contributed by atoms with Crippen molar-refractivity contribution < 1.29 is 33.4 Å². The van der Waals surface area contributed by atoms with E-state index in [1.807, 2.05) is 92.7 Å². The zero-order valence-corrected chi connectivity index (χ0v) is 37.0. The molecule has 338 valence electrons. The number of amides is 4. The van der Waals surface area contributed by atoms with Crippen LogP contribution in [0.2, 0.25) is 0 Å². The van der Waals surface area contributed by atoms with Crippen molar-refractivity contribution in [2.45, 2.75) is 70.1 Å². The lowest BCUT2D eigenvalue weighted by molar-refractivity contribution is -0.138. The summed E-state index contributed by atoms with van der Waals surface area (Å²) in [6.45, 7) is 6.04. The molecule has 3 aromatic carbocycles. The highest BCUT2D eigenvalue weighted by atomic mass is 16.5. The molecule has 0 unspecified atom stereocenters. The summed E-state index contributed by atoms with van der Waals surface area (Å²) in [7, 11) is 2.57. The molecule has 0 saturated carbocycles. The topological polar surface area (TPSA) is 210 Å². The van der Waals surface area contributed by atoms with Gasteiger partial charge in [0, 0.05) is 42.8 Å². The molecule has 17 nitrogen and oxygen atoms in total. The molecule has 4 atom stereocenters. The number of nitrogens with zero attached hydrogens (tertiary/aromatic N) is 6. The third-order valence-corrected chi connectivity index (χ3v) is 12.3. The molecule has 0 radical (unpaired) electrons. The molecule has 5 heterocycles. The molecule has 17 heteroatoms. The van der Waals surface area contributed by atoms with Gasteiger partial charge in [0.15, 0.2) is 0 Å². The number of carbonyl (C=O) groups is 4. The monoisotopic (exact) mass is 882 g/mol. The number of methoxy groups -OCH3 is 2. The first-order valence-electron chi connectivity index (χ1n) is 22.1. The number of rotatable bonds is 14. The number of fused-ring (bicyclic) bond motifs is 1. The fourth-order valence-electron chi connectivity index (χ4n) is 8.78. The second-order valence-corrected chi connectivity index (χ2v) is 16.4. The summed E-state index contributed by atoms with van der Waals surface area (Å²) >= 11 is 0. The molecule has 2 aliphatic rings. The Balaban J connectivity index is 0.943. The van der Waals surface area contributed by atoms with E-state index < -0.39 is 30.3 Å². The molecule has 0 bridgehead atoms. The van der Waals surface area contributed by atoms with Crippen molar-refractivity contribution in [1.29, 1.82) is 0 Å². The SMILES string of the molecule is CCCN(C(=O)[C@@H](NC(=O)OC)C1CCOCC1)[C@@H](C)c1ncc(-c2ccc3cc(-c4ccc(-c5cnc([C@@H]6CCCN6C(=O)[C@@H](NC(=O)OC)c6ccccc6)[nH]5)cc4)nnc3c2)[nH]1. The van der Waals surface area contributed by atoms with E-state index >= 15 is 0 Å². The highest BCUT2D eigenvalue weighted by Crippen LogP contribution is 2.35. The van der Waals surface area contributed by atoms with Gasteiger partial charge < -0.3 is 44.6 Å². The van der Waals surface area contributed by atoms with Gasteiger partial charge in [-0.2, -0.15) is 0 Å². The van der Waals surface area contributed by atoms with Crippen molar-refractivity contribution in [1.82, 2.24) is 50.6 Å². The van der Waals surface area contributed by atoms with Crippen LogP contribution in [0.15, 0.2) is 91.3 Å². The average molecular weight is 883 g/mol. The number of benzene rings is 3. The molecule has 4 N–H and O–H groups in total. The third-order valence-electron chi connectivity index (χ3n) is 12.3. The Morgan fingerprint density at radius 3 is 2.26 bits per heavy atom. The predicted octanol–water partition coefficient (Wildman–Crippen LogP) is 7.29. The summed E-state index contributed by atoms with van der Waals surface area (Å²) in [5.41, 5.74) is 6.36. The third kappa shape index (κ3) is 9.84. The van der Waals surface area contributed by atoms with Crippen LogP contribution in [0.1, 0.15) is 81.3 Å². The van der Waals surface area contributed by atoms with Crippen LogP contribution < -0.4 is 10.6 Å². The maximum absolute atomic E-state index is 14.1. The summed E-state index contributed by atoms with van der Waals surface area (Å²) in [6, 6.07) is 22.8. The van der Waals surface area contributed by atoms with Gasteiger partial charge in [0.05, 0.1) is 61.3 Å². The normalized spacial score (nSPS) is 16.7. The van der Waals surface area contributed by atoms with Gasteiger partial charge in [-0.05, 0) is 68.2 Å². The number of hydrogen-bond donors (Lipinski definition) is 4. The standard InChI is InChI=1S/C48H54N10O7/c1-5-21-57(45(59)42(54-48(62)64-4)33-19-23-65-24-20-33)29(2)43-49-28-39(51-43)35-18-17-34-25-36(55-56-37(34)26-35)30-13-15-31(16-14-30)38-27-50-44(52-38)40-12-9-22-58(40)46(60)41(53-47(61)63-3)32-10-7-6-8-11-32/h6-8,10-11,13-18,25-29,33,40-42H,5,9,12,19-24H2,1-4H3,(H,49,51)(H,50,52)(H,53,61)(H,54,62)/t29-,40-,41-,42-/m0/s1. The Kier molecular flexibility index (Phi) is 13.8. The van der Waals surface area contributed by atoms with E-state index in [2.05, 4.69) is 30.8 Å². The Bertz CT molecular complexity index is 2610. The first-order chi connectivity index (χ1) is 31.6. The minimum Gasteiger partial charge on any atom is -0.453 e. The lowest BCUT2D eigenvalue weighted by Gasteiger charge is -2.36. The Morgan fingerprint density at radius 2 is 1.52 bits per heavy atom. The fourth-order valence-corrected chi connectivity index (χ4v) is 8.78. The van der Waals surface area contributed by atoms with E-state index in [0.29, 0.717) is 61.9 Å². The molecule has 4 amide bonds. The molecule has 65 heavy (non-hydrogen) atoms. The maximum Gasteiger partial charge on any atom is 0.407 e. The molecule has 8 rings (SSSR count). The van der Waals surface area contributed by atoms with Crippen molar-refractivity contribution in [3.63, 3.8) is 0 Å². The van der Waals surface area contributed by atoms with E-state index in [1.165, 1.54) is 14.2 Å². The lowest BCUT2D eigenvalue weighted by Crippen LogP contribution is -2.54. The van der Waals surface area contributed by atoms with E-state index in [1.54, 1.807) is 22.2 Å². The van der Waals surface area contributed by atoms with Gasteiger partial charge in [-0.3, -0.25) is 9.59 Å². The molecule has 2 aliphatic heterocycles. The van der Waals surface area contributed by atoms with Crippen LogP contribution in [0.25, 0.3) is 44.7 Å². The van der Waals surface area contributed by atoms with Gasteiger partial charge in [-0.25, -0.2) is 19.6 Å². The van der Waals surface area contributed by atoms with E-state index in [0.717, 1.165) is 58.4 Å². The number of hydrogen-bond acceptors (Lipinski definition) is 11. The van der Waals surface area contributed by atoms with E-state index in [-0.39, 0.29) is 23.8 Å². The highest BCUT2D eigenvalue weighted by molar-refractivity contribution is 5.88. The second-order valence-electron chi connectivity index (χ2n) is 16.4. The van der Waals surface area contributed by atoms with Crippen molar-refractivity contribution in [2.75, 3.05) is 40.5 Å². The lowest BCUT2D eigenvalue weighted by atomic mass is 9.90. The highest BCUT2D eigenvalue weighted by Gasteiger charge is 2.38. The van der Waals surface area contributed by atoms with Crippen LogP contribution in [-0.2, 0) is 23.8 Å². The van der Waals surface area contributed by atoms with E-state index in [4.69, 9.17) is 24.2 Å². The van der Waals surface area contributed by atoms with Crippen LogP contribution >= 0.6 is 0 Å². The maximum atomic E-state index is 14.1. The van der Waals surface area contributed by atoms with Gasteiger partial charge >= 0.3 is 12.2 Å². The van der Waals surface area contributed by atoms with Crippen LogP contribution in [0.3, 0.4) is 0 Å². The Morgan fingerprint density at radius 1 is 0.831 bits per heavy atom. The first-order valence-corrected chi connectivity index (χ1v) is 22.1. The van der Waals surface area contributed by atoms with Crippen LogP contribution in [-0.4, -0.2) is 110 Å². The zero-order chi connectivity index (χ0) is 45.5. The largest absolute Gasteiger partial charge is 0.453 e. The average Bonchev–Trinajstić information content (AvgIpc) is 4.16. The zero-order valence-electron chi connectivity index (χ0n) is 37.0. The number of ether oxygens (including phenoxy) is 3. The minimum absolute atomic E-state index is 0.0708. The summed E-state index contributed by atoms with van der Waals surface area (Å²) in [6.07, 6.45) is 5.80. The van der Waals surface area contributed by atoms with Gasteiger partial charge in [-0.15, -0.1) is 10.2 Å². The minimum atomic E-state index is -0.895. The molecule has 6 aromatic rings. The number of alkyl carbamates (subject to hydrolysis) is 2. The number of H-pyrrole nitrogens is 2. The molecule has 0 spiro atoms. The molecule has 0 aliphatic carbocycles. The summed E-state index contributed by atoms with van der Waals surface area (Å²) in [4.78, 5) is 72.5. The number of nitrogens with one attached hydrogen (secondary N) is 4. The summed E-state index contributed by atoms with van der Waals surface area (Å²) in [5.74, 6) is 0.829. The van der Waals surface area contributed by atoms with E-state index in [9.17, 15) is 19.2 Å². The molecule has 3 aromatic heterocycles. The summed E-state index contributed by atoms with van der Waals surface area (Å²) < 4.78 is 15.2. The smallest absolute Gasteiger partial charge is 0.407 e. The van der Waals surface area contributed by atoms with Gasteiger partial charge in [-0.1, -0.05) is 73.7 Å². The predicted molar refractivity (Wildman–Crippen MR) is 242 cm³/mol. The van der Waals surface area contributed by atoms with Crippen LogP contribution in [0.5, 0.6) is 0 Å². The number of aromatic amines is 2. The number of imidazole rings is 2. The van der Waals surface area contributed by atoms with Gasteiger partial charge in [0.1, 0.15) is 23.7 Å². The van der Waals surface area contributed by atoms with Crippen molar-refractivity contribution in [3.05, 3.63) is 108 Å². The molecular weight excluding hydrogens is 829 g/mol. The second kappa shape index (κ2) is 20.1. The Hall–Kier alpha value is -7.14. The molecular formula is C48H54N10O7. The number of likely N-dealkylation sites (tertiary alicyclic amines) is 1. The summed E-state index contributed by atoms with van der Waals surface area (Å²) in [5, 5.41) is 15.6. The van der Waals surface area contributed by atoms with Crippen molar-refractivity contribution in [2.24, 2.45) is 5.92 Å². The van der Waals surface area contributed by atoms with Crippen molar-refractivity contribution >= 4 is 34.9 Å². The van der Waals surface area contributed by atoms with Crippen LogP contribution in [0, 0.1) is 5.92 Å². The fraction of sp³-hybridized carbons (Fsp3) is 0.375. The van der Waals surface area contributed by atoms with Gasteiger partial charge in [0.25, 0.3) is 5.91 Å². The van der Waals surface area contributed by atoms with Crippen LogP contribution in [0.4, 0.5) is 9.59 Å². The quantitative estimate of drug-likeness (QED) is 0.0854. The molecule has 2 saturated heterocycles. The van der Waals surface area contributed by atoms with Crippen molar-refractivity contribution in [3.8, 4) is 33.8 Å². The first kappa shape index (κ1) is 44.5.